The molecule has 1 aliphatic rings. The van der Waals surface area contributed by atoms with Gasteiger partial charge in [0.25, 0.3) is 5.91 Å². The number of aromatic nitrogens is 3. The number of hydrogen-bond donors (Lipinski definition) is 2. The first-order chi connectivity index (χ1) is 22.0. The Labute approximate surface area is 261 Å². The van der Waals surface area contributed by atoms with E-state index in [1.54, 1.807) is 0 Å². The Balaban J connectivity index is 1.55. The number of H-pyrrole nitrogens is 1. The maximum Gasteiger partial charge on any atom is 0.417 e. The van der Waals surface area contributed by atoms with Crippen LogP contribution in [0.3, 0.4) is 0 Å². The second kappa shape index (κ2) is 13.3. The van der Waals surface area contributed by atoms with Gasteiger partial charge in [-0.1, -0.05) is 50.8 Å². The van der Waals surface area contributed by atoms with Gasteiger partial charge in [0.05, 0.1) is 36.2 Å². The molecule has 0 saturated heterocycles. The lowest BCUT2D eigenvalue weighted by atomic mass is 9.86. The number of nitrogens with one attached hydrogen (secondary N) is 1. The normalized spacial score (nSPS) is 14.3. The number of carbonyl (C=O) groups is 1. The number of alkyl halides is 3. The molecule has 2 aromatic carbocycles. The van der Waals surface area contributed by atoms with Gasteiger partial charge in [-0.05, 0) is 43.2 Å². The topological polar surface area (TPSA) is 123 Å². The Bertz CT molecular complexity index is 1730. The fraction of sp³-hybridized carbons (Fsp3) is 0.375. The van der Waals surface area contributed by atoms with E-state index in [9.17, 15) is 26.7 Å². The number of aromatic amines is 1. The van der Waals surface area contributed by atoms with Crippen LogP contribution in [0.15, 0.2) is 52.1 Å². The van der Waals surface area contributed by atoms with Gasteiger partial charge in [0.15, 0.2) is 22.9 Å². The lowest BCUT2D eigenvalue weighted by molar-refractivity contribution is -0.137. The second-order valence-corrected chi connectivity index (χ2v) is 11.0. The van der Waals surface area contributed by atoms with Gasteiger partial charge in [-0.15, -0.1) is 0 Å². The molecule has 1 unspecified atom stereocenters. The number of amides is 1. The van der Waals surface area contributed by atoms with Crippen LogP contribution in [0.2, 0.25) is 0 Å². The van der Waals surface area contributed by atoms with Crippen molar-refractivity contribution in [2.75, 3.05) is 6.61 Å². The summed E-state index contributed by atoms with van der Waals surface area (Å²) in [5.74, 6) is -2.97. The summed E-state index contributed by atoms with van der Waals surface area (Å²) in [5.41, 5.74) is 3.55. The Kier molecular flexibility index (Phi) is 9.44. The van der Waals surface area contributed by atoms with Crippen LogP contribution in [0.4, 0.5) is 22.0 Å². The molecule has 0 spiro atoms. The fourth-order valence-corrected chi connectivity index (χ4v) is 5.46. The molecule has 9 nitrogen and oxygen atoms in total. The van der Waals surface area contributed by atoms with Crippen molar-refractivity contribution in [1.82, 2.24) is 20.1 Å². The van der Waals surface area contributed by atoms with Crippen molar-refractivity contribution < 1.29 is 36.0 Å². The molecule has 1 amide bonds. The maximum atomic E-state index is 14.5. The molecule has 1 aliphatic heterocycles. The third kappa shape index (κ3) is 6.33. The molecule has 244 valence electrons. The number of rotatable bonds is 13. The van der Waals surface area contributed by atoms with Gasteiger partial charge in [-0.25, -0.2) is 13.8 Å². The number of fused-ring (bicyclic) bond motifs is 1. The van der Waals surface area contributed by atoms with Crippen molar-refractivity contribution in [3.05, 3.63) is 76.8 Å². The molecule has 0 saturated carbocycles. The summed E-state index contributed by atoms with van der Waals surface area (Å²) >= 11 is 0. The highest BCUT2D eigenvalue weighted by molar-refractivity contribution is 5.87. The first-order valence-electron chi connectivity index (χ1n) is 15.0. The van der Waals surface area contributed by atoms with Gasteiger partial charge in [0.2, 0.25) is 0 Å². The van der Waals surface area contributed by atoms with Gasteiger partial charge >= 0.3 is 6.18 Å². The van der Waals surface area contributed by atoms with Gasteiger partial charge in [-0.2, -0.15) is 18.3 Å². The van der Waals surface area contributed by atoms with Crippen LogP contribution in [-0.2, 0) is 23.1 Å². The predicted octanol–water partition coefficient (Wildman–Crippen LogP) is 7.32. The quantitative estimate of drug-likeness (QED) is 0.116. The molecular formula is C32H33F5N6O3. The molecule has 1 atom stereocenters. The minimum atomic E-state index is -4.74. The predicted molar refractivity (Wildman–Crippen MR) is 159 cm³/mol. The fourth-order valence-electron chi connectivity index (χ4n) is 5.46. The maximum absolute atomic E-state index is 14.5. The monoisotopic (exact) mass is 644 g/mol. The number of ether oxygens (including phenoxy) is 1. The van der Waals surface area contributed by atoms with E-state index in [1.165, 1.54) is 41.6 Å². The van der Waals surface area contributed by atoms with Crippen LogP contribution in [0, 0.1) is 11.6 Å². The number of benzene rings is 2. The highest BCUT2D eigenvalue weighted by Crippen LogP contribution is 2.42. The summed E-state index contributed by atoms with van der Waals surface area (Å²) in [6.07, 6.45) is 0.346. The third-order valence-electron chi connectivity index (χ3n) is 7.85. The van der Waals surface area contributed by atoms with Crippen LogP contribution < -0.4 is 10.5 Å². The van der Waals surface area contributed by atoms with Crippen LogP contribution in [0.1, 0.15) is 75.1 Å². The van der Waals surface area contributed by atoms with Gasteiger partial charge in [-0.3, -0.25) is 9.80 Å². The highest BCUT2D eigenvalue weighted by Gasteiger charge is 2.49. The smallest absolute Gasteiger partial charge is 0.417 e. The van der Waals surface area contributed by atoms with Crippen molar-refractivity contribution in [2.45, 2.75) is 70.6 Å². The Morgan fingerprint density at radius 1 is 1.07 bits per heavy atom. The Morgan fingerprint density at radius 3 is 2.59 bits per heavy atom. The van der Waals surface area contributed by atoms with Crippen LogP contribution in [-0.4, -0.2) is 38.9 Å². The zero-order valence-corrected chi connectivity index (χ0v) is 25.3. The number of halogens is 5. The second-order valence-electron chi connectivity index (χ2n) is 11.0. The van der Waals surface area contributed by atoms with Gasteiger partial charge in [0, 0.05) is 11.6 Å². The van der Waals surface area contributed by atoms with Crippen molar-refractivity contribution in [3.63, 3.8) is 0 Å². The van der Waals surface area contributed by atoms with Gasteiger partial charge in [0.1, 0.15) is 23.0 Å². The van der Waals surface area contributed by atoms with Crippen molar-refractivity contribution >= 4 is 12.1 Å². The molecule has 0 fully saturated rings. The molecule has 14 heteroatoms. The highest BCUT2D eigenvalue weighted by atomic mass is 19.4. The van der Waals surface area contributed by atoms with E-state index in [4.69, 9.17) is 15.0 Å². The first-order valence-corrected chi connectivity index (χ1v) is 15.0. The van der Waals surface area contributed by atoms with E-state index in [-0.39, 0.29) is 53.7 Å². The number of primary amides is 1. The first kappa shape index (κ1) is 32.6. The van der Waals surface area contributed by atoms with Crippen molar-refractivity contribution in [1.29, 1.82) is 0 Å². The summed E-state index contributed by atoms with van der Waals surface area (Å²) in [6, 6.07) is 8.53. The zero-order valence-electron chi connectivity index (χ0n) is 25.3. The summed E-state index contributed by atoms with van der Waals surface area (Å²) in [5, 5.41) is 9.75. The molecule has 5 rings (SSSR count). The third-order valence-corrected chi connectivity index (χ3v) is 7.85. The van der Waals surface area contributed by atoms with Crippen LogP contribution >= 0.6 is 0 Å². The van der Waals surface area contributed by atoms with E-state index < -0.39 is 34.8 Å². The van der Waals surface area contributed by atoms with E-state index >= 15 is 0 Å². The average molecular weight is 645 g/mol. The number of nitrogens with two attached hydrogens (primary N) is 1. The van der Waals surface area contributed by atoms with Crippen molar-refractivity contribution in [3.8, 4) is 28.4 Å². The SMILES string of the molecule is CCCCCCC(C(N)=O)(c1cc(-c2ccc(OCCC)cc2C(F)(F)F)no1)N1Cc2[nH]c(-c3cccc(F)c3F)nc2C=N1. The lowest BCUT2D eigenvalue weighted by Crippen LogP contribution is -2.53. The number of carbonyl (C=O) groups excluding carboxylic acids is 1. The van der Waals surface area contributed by atoms with Crippen LogP contribution in [0.5, 0.6) is 5.75 Å². The van der Waals surface area contributed by atoms with E-state index in [0.717, 1.165) is 31.4 Å². The molecule has 4 aromatic rings. The number of imidazole rings is 1. The van der Waals surface area contributed by atoms with Crippen LogP contribution in [0.25, 0.3) is 22.6 Å². The number of hydrogen-bond acceptors (Lipinski definition) is 7. The number of nitrogens with zero attached hydrogens (tertiary/aromatic N) is 4. The number of unbranched alkanes of at least 4 members (excludes halogenated alkanes) is 3. The Morgan fingerprint density at radius 2 is 1.87 bits per heavy atom. The lowest BCUT2D eigenvalue weighted by Gasteiger charge is -2.38. The minimum Gasteiger partial charge on any atom is -0.494 e. The van der Waals surface area contributed by atoms with E-state index in [0.29, 0.717) is 24.2 Å². The van der Waals surface area contributed by atoms with E-state index in [2.05, 4.69) is 20.2 Å². The molecule has 3 heterocycles. The summed E-state index contributed by atoms with van der Waals surface area (Å²) in [6.45, 7) is 4.03. The summed E-state index contributed by atoms with van der Waals surface area (Å²) in [7, 11) is 0. The molecule has 0 aliphatic carbocycles. The largest absolute Gasteiger partial charge is 0.494 e. The number of hydrazone groups is 1. The molecule has 2 aromatic heterocycles. The molecule has 0 radical (unpaired) electrons. The zero-order chi connectivity index (χ0) is 33.1. The van der Waals surface area contributed by atoms with Gasteiger partial charge < -0.3 is 20.0 Å². The standard InChI is InChI=1S/C32H33F5N6O3/c1-3-5-6-7-13-31(30(38)44,43-18-26-25(17-39-43)40-29(41-26)21-9-8-10-23(33)28(21)34)27-16-24(42-46-27)20-12-11-19(45-14-4-2)15-22(20)32(35,36)37/h8-12,15-17H,3-7,13-14,18H2,1-2H3,(H2,38,44)(H,40,41). The average Bonchev–Trinajstić information content (AvgIpc) is 3.68. The molecule has 3 N–H and O–H groups in total. The summed E-state index contributed by atoms with van der Waals surface area (Å²) < 4.78 is 82.0. The molecular weight excluding hydrogens is 611 g/mol. The van der Waals surface area contributed by atoms with E-state index in [1.807, 2.05) is 13.8 Å². The molecule has 46 heavy (non-hydrogen) atoms. The summed E-state index contributed by atoms with van der Waals surface area (Å²) in [4.78, 5) is 20.7. The molecule has 0 bridgehead atoms. The van der Waals surface area contributed by atoms with Crippen molar-refractivity contribution in [2.24, 2.45) is 10.8 Å². The Hall–Kier alpha value is -4.75. The minimum absolute atomic E-state index is 0.0518.